The van der Waals surface area contributed by atoms with E-state index in [0.717, 1.165) is 0 Å². The molecule has 1 aromatic heterocycles. The second-order valence-electron chi connectivity index (χ2n) is 3.71. The molecule has 0 unspecified atom stereocenters. The van der Waals surface area contributed by atoms with Crippen molar-refractivity contribution in [2.45, 2.75) is 13.1 Å². The molecule has 0 saturated heterocycles. The summed E-state index contributed by atoms with van der Waals surface area (Å²) < 4.78 is 44.4. The number of alkyl halides is 3. The van der Waals surface area contributed by atoms with Gasteiger partial charge >= 0.3 is 6.18 Å². The maximum Gasteiger partial charge on any atom is 0.438 e. The topological polar surface area (TPSA) is 27.1 Å². The summed E-state index contributed by atoms with van der Waals surface area (Å²) in [5.41, 5.74) is -0.133. The molecule has 96 valence electrons. The van der Waals surface area contributed by atoms with Crippen molar-refractivity contribution in [1.82, 2.24) is 9.78 Å². The molecule has 0 bridgehead atoms. The van der Waals surface area contributed by atoms with Crippen LogP contribution >= 0.6 is 0 Å². The van der Waals surface area contributed by atoms with Gasteiger partial charge in [0.05, 0.1) is 18.5 Å². The minimum absolute atomic E-state index is 0.244. The lowest BCUT2D eigenvalue weighted by molar-refractivity contribution is -0.142. The van der Waals surface area contributed by atoms with Crippen molar-refractivity contribution in [3.63, 3.8) is 0 Å². The van der Waals surface area contributed by atoms with Gasteiger partial charge in [-0.05, 0) is 19.1 Å². The number of hydrogen-bond donors (Lipinski definition) is 0. The molecular weight excluding hydrogens is 245 g/mol. The van der Waals surface area contributed by atoms with Crippen LogP contribution in [0.3, 0.4) is 0 Å². The Hall–Kier alpha value is -1.98. The minimum Gasteiger partial charge on any atom is -0.493 e. The van der Waals surface area contributed by atoms with E-state index in [2.05, 4.69) is 5.10 Å². The van der Waals surface area contributed by atoms with Crippen LogP contribution in [-0.2, 0) is 6.18 Å². The molecule has 0 aliphatic heterocycles. The normalized spacial score (nSPS) is 11.6. The molecule has 0 fully saturated rings. The molecule has 0 amide bonds. The molecule has 6 heteroatoms. The first-order valence-electron chi connectivity index (χ1n) is 5.21. The number of nitrogens with zero attached hydrogens (tertiary/aromatic N) is 2. The Kier molecular flexibility index (Phi) is 3.02. The average molecular weight is 256 g/mol. The van der Waals surface area contributed by atoms with Crippen LogP contribution < -0.4 is 4.74 Å². The summed E-state index contributed by atoms with van der Waals surface area (Å²) in [5, 5.41) is 3.59. The van der Waals surface area contributed by atoms with Gasteiger partial charge in [0.1, 0.15) is 0 Å². The second kappa shape index (κ2) is 4.36. The Balaban J connectivity index is 2.61. The van der Waals surface area contributed by atoms with Crippen molar-refractivity contribution in [3.05, 3.63) is 41.7 Å². The summed E-state index contributed by atoms with van der Waals surface area (Å²) in [7, 11) is 1.20. The Bertz CT molecular complexity index is 546. The fraction of sp³-hybridized carbons (Fsp3) is 0.250. The zero-order valence-electron chi connectivity index (χ0n) is 9.82. The van der Waals surface area contributed by atoms with E-state index in [0.29, 0.717) is 11.4 Å². The molecule has 0 radical (unpaired) electrons. The van der Waals surface area contributed by atoms with Crippen molar-refractivity contribution < 1.29 is 17.9 Å². The lowest BCUT2D eigenvalue weighted by Crippen LogP contribution is -2.08. The van der Waals surface area contributed by atoms with Crippen LogP contribution in [0.1, 0.15) is 11.4 Å². The van der Waals surface area contributed by atoms with Crippen LogP contribution in [0.4, 0.5) is 13.2 Å². The van der Waals surface area contributed by atoms with Crippen molar-refractivity contribution in [2.24, 2.45) is 0 Å². The summed E-state index contributed by atoms with van der Waals surface area (Å²) in [5.74, 6) is -0.244. The van der Waals surface area contributed by atoms with E-state index in [1.54, 1.807) is 30.3 Å². The lowest BCUT2D eigenvalue weighted by Gasteiger charge is -2.04. The van der Waals surface area contributed by atoms with Gasteiger partial charge in [0.25, 0.3) is 0 Å². The number of methoxy groups -OCH3 is 1. The van der Waals surface area contributed by atoms with Gasteiger partial charge in [-0.25, -0.2) is 4.68 Å². The van der Waals surface area contributed by atoms with E-state index in [-0.39, 0.29) is 5.75 Å². The zero-order chi connectivity index (χ0) is 13.3. The second-order valence-corrected chi connectivity index (χ2v) is 3.71. The Labute approximate surface area is 102 Å². The zero-order valence-corrected chi connectivity index (χ0v) is 9.82. The number of rotatable bonds is 2. The van der Waals surface area contributed by atoms with E-state index in [1.165, 1.54) is 18.7 Å². The van der Waals surface area contributed by atoms with E-state index in [4.69, 9.17) is 4.74 Å². The number of para-hydroxylation sites is 1. The van der Waals surface area contributed by atoms with Crippen molar-refractivity contribution in [1.29, 1.82) is 0 Å². The molecule has 0 N–H and O–H groups in total. The quantitative estimate of drug-likeness (QED) is 0.825. The van der Waals surface area contributed by atoms with Crippen LogP contribution in [0, 0.1) is 6.92 Å². The molecule has 0 saturated carbocycles. The van der Waals surface area contributed by atoms with Crippen LogP contribution in [0.5, 0.6) is 5.75 Å². The number of benzene rings is 1. The summed E-state index contributed by atoms with van der Waals surface area (Å²) in [6.07, 6.45) is -4.53. The van der Waals surface area contributed by atoms with E-state index in [1.807, 2.05) is 0 Å². The highest BCUT2D eigenvalue weighted by molar-refractivity contribution is 5.41. The van der Waals surface area contributed by atoms with Crippen LogP contribution in [0.2, 0.25) is 0 Å². The molecular formula is C12H11F3N2O. The molecule has 0 aliphatic rings. The first kappa shape index (κ1) is 12.5. The summed E-state index contributed by atoms with van der Waals surface area (Å²) in [6, 6.07) is 8.61. The largest absolute Gasteiger partial charge is 0.493 e. The molecule has 1 heterocycles. The Morgan fingerprint density at radius 2 is 1.78 bits per heavy atom. The third kappa shape index (κ3) is 2.05. The summed E-state index contributed by atoms with van der Waals surface area (Å²) in [4.78, 5) is 0. The predicted molar refractivity (Wildman–Crippen MR) is 59.9 cm³/mol. The van der Waals surface area contributed by atoms with Gasteiger partial charge in [-0.2, -0.15) is 18.3 Å². The molecule has 2 rings (SSSR count). The number of ether oxygens (including phenoxy) is 1. The first-order chi connectivity index (χ1) is 8.45. The SMILES string of the molecule is COc1c(C(F)(F)F)nn(-c2ccccc2)c1C. The van der Waals surface area contributed by atoms with Crippen molar-refractivity contribution in [3.8, 4) is 11.4 Å². The Morgan fingerprint density at radius 3 is 2.22 bits per heavy atom. The molecule has 0 spiro atoms. The standard InChI is InChI=1S/C12H11F3N2O/c1-8-10(18-2)11(12(13,14)15)16-17(8)9-6-4-3-5-7-9/h3-7H,1-2H3. The van der Waals surface area contributed by atoms with Crippen molar-refractivity contribution >= 4 is 0 Å². The molecule has 0 atom stereocenters. The number of hydrogen-bond acceptors (Lipinski definition) is 2. The van der Waals surface area contributed by atoms with E-state index >= 15 is 0 Å². The maximum absolute atomic E-state index is 12.8. The Morgan fingerprint density at radius 1 is 1.17 bits per heavy atom. The average Bonchev–Trinajstić information content (AvgIpc) is 2.67. The molecule has 3 nitrogen and oxygen atoms in total. The van der Waals surface area contributed by atoms with Gasteiger partial charge < -0.3 is 4.74 Å². The van der Waals surface area contributed by atoms with Gasteiger partial charge in [-0.15, -0.1) is 0 Å². The van der Waals surface area contributed by atoms with Gasteiger partial charge in [0.15, 0.2) is 5.75 Å². The molecule has 2 aromatic rings. The van der Waals surface area contributed by atoms with Crippen LogP contribution in [-0.4, -0.2) is 16.9 Å². The number of aromatic nitrogens is 2. The lowest BCUT2D eigenvalue weighted by atomic mass is 10.3. The summed E-state index contributed by atoms with van der Waals surface area (Å²) >= 11 is 0. The smallest absolute Gasteiger partial charge is 0.438 e. The van der Waals surface area contributed by atoms with Gasteiger partial charge in [-0.1, -0.05) is 18.2 Å². The van der Waals surface area contributed by atoms with Crippen molar-refractivity contribution in [2.75, 3.05) is 7.11 Å². The fourth-order valence-electron chi connectivity index (χ4n) is 1.74. The van der Waals surface area contributed by atoms with E-state index in [9.17, 15) is 13.2 Å². The number of halogens is 3. The van der Waals surface area contributed by atoms with Gasteiger partial charge in [0, 0.05) is 0 Å². The van der Waals surface area contributed by atoms with Gasteiger partial charge in [-0.3, -0.25) is 0 Å². The highest BCUT2D eigenvalue weighted by Gasteiger charge is 2.39. The maximum atomic E-state index is 12.8. The van der Waals surface area contributed by atoms with Gasteiger partial charge in [0.2, 0.25) is 5.69 Å². The third-order valence-corrected chi connectivity index (χ3v) is 2.53. The van der Waals surface area contributed by atoms with E-state index < -0.39 is 11.9 Å². The van der Waals surface area contributed by atoms with Crippen LogP contribution in [0.15, 0.2) is 30.3 Å². The summed E-state index contributed by atoms with van der Waals surface area (Å²) in [6.45, 7) is 1.54. The third-order valence-electron chi connectivity index (χ3n) is 2.53. The molecule has 1 aromatic carbocycles. The minimum atomic E-state index is -4.53. The predicted octanol–water partition coefficient (Wildman–Crippen LogP) is 3.21. The molecule has 0 aliphatic carbocycles. The first-order valence-corrected chi connectivity index (χ1v) is 5.21. The molecule has 18 heavy (non-hydrogen) atoms. The fourth-order valence-corrected chi connectivity index (χ4v) is 1.74. The van der Waals surface area contributed by atoms with Crippen LogP contribution in [0.25, 0.3) is 5.69 Å². The highest BCUT2D eigenvalue weighted by Crippen LogP contribution is 2.37. The highest BCUT2D eigenvalue weighted by atomic mass is 19.4. The monoisotopic (exact) mass is 256 g/mol.